The van der Waals surface area contributed by atoms with Gasteiger partial charge in [-0.2, -0.15) is 0 Å². The van der Waals surface area contributed by atoms with Gasteiger partial charge >= 0.3 is 0 Å². The Hall–Kier alpha value is -0.800. The second kappa shape index (κ2) is 3.07. The Balaban J connectivity index is 3.27. The van der Waals surface area contributed by atoms with Crippen molar-refractivity contribution in [3.8, 4) is 0 Å². The predicted octanol–water partition coefficient (Wildman–Crippen LogP) is 2.70. The molecule has 1 radical (unpaired) electrons. The van der Waals surface area contributed by atoms with Gasteiger partial charge in [0, 0.05) is 0 Å². The zero-order valence-corrected chi connectivity index (χ0v) is 6.69. The largest absolute Gasteiger partial charge is 0.297 e. The molecule has 0 bridgehead atoms. The molecule has 0 fully saturated rings. The van der Waals surface area contributed by atoms with Crippen molar-refractivity contribution >= 4 is 28.9 Å². The summed E-state index contributed by atoms with van der Waals surface area (Å²) in [5.74, 6) is 0. The first-order valence-corrected chi connectivity index (χ1v) is 3.38. The number of hydrogen-bond acceptors (Lipinski definition) is 2. The van der Waals surface area contributed by atoms with Gasteiger partial charge in [0.05, 0.1) is 16.0 Å². The van der Waals surface area contributed by atoms with Gasteiger partial charge in [-0.25, -0.2) is 0 Å². The van der Waals surface area contributed by atoms with Gasteiger partial charge in [-0.3, -0.25) is 10.1 Å². The average molecular weight is 191 g/mol. The van der Waals surface area contributed by atoms with Gasteiger partial charge in [0.25, 0.3) is 5.69 Å². The van der Waals surface area contributed by atoms with Crippen molar-refractivity contribution in [2.75, 3.05) is 0 Å². The first kappa shape index (κ1) is 8.30. The zero-order valence-electron chi connectivity index (χ0n) is 5.17. The van der Waals surface area contributed by atoms with Crippen LogP contribution in [0.3, 0.4) is 0 Å². The first-order valence-electron chi connectivity index (χ1n) is 2.63. The Morgan fingerprint density at radius 1 is 1.55 bits per heavy atom. The summed E-state index contributed by atoms with van der Waals surface area (Å²) < 4.78 is 0. The fraction of sp³-hybridized carbons (Fsp3) is 0. The lowest BCUT2D eigenvalue weighted by atomic mass is 10.3. The molecule has 0 heterocycles. The highest BCUT2D eigenvalue weighted by atomic mass is 35.5. The van der Waals surface area contributed by atoms with E-state index in [1.165, 1.54) is 12.1 Å². The molecule has 0 aromatic heterocycles. The van der Waals surface area contributed by atoms with E-state index in [0.717, 1.165) is 0 Å². The molecule has 1 aromatic rings. The van der Waals surface area contributed by atoms with Crippen LogP contribution < -0.4 is 0 Å². The lowest BCUT2D eigenvalue weighted by Gasteiger charge is -1.94. The minimum Gasteiger partial charge on any atom is -0.258 e. The molecule has 0 aliphatic heterocycles. The molecule has 0 saturated carbocycles. The molecule has 0 spiro atoms. The molecule has 11 heavy (non-hydrogen) atoms. The monoisotopic (exact) mass is 190 g/mol. The van der Waals surface area contributed by atoms with Crippen LogP contribution in [0.5, 0.6) is 0 Å². The summed E-state index contributed by atoms with van der Waals surface area (Å²) in [6.45, 7) is 0. The van der Waals surface area contributed by atoms with Crippen molar-refractivity contribution in [3.05, 3.63) is 38.4 Å². The van der Waals surface area contributed by atoms with Crippen LogP contribution in [-0.2, 0) is 0 Å². The molecule has 3 nitrogen and oxygen atoms in total. The highest BCUT2D eigenvalue weighted by Crippen LogP contribution is 2.30. The van der Waals surface area contributed by atoms with Crippen molar-refractivity contribution in [1.29, 1.82) is 0 Å². The SMILES string of the molecule is O=[N+]([O-])c1[c]ccc(Cl)c1Cl. The first-order chi connectivity index (χ1) is 5.13. The van der Waals surface area contributed by atoms with Crippen LogP contribution in [0.4, 0.5) is 5.69 Å². The highest BCUT2D eigenvalue weighted by molar-refractivity contribution is 6.43. The van der Waals surface area contributed by atoms with Crippen LogP contribution in [0.15, 0.2) is 12.1 Å². The van der Waals surface area contributed by atoms with E-state index >= 15 is 0 Å². The van der Waals surface area contributed by atoms with Crippen LogP contribution in [0.2, 0.25) is 10.0 Å². The number of nitro groups is 1. The van der Waals surface area contributed by atoms with Gasteiger partial charge in [0.15, 0.2) is 0 Å². The molecule has 1 aromatic carbocycles. The van der Waals surface area contributed by atoms with Crippen molar-refractivity contribution in [3.63, 3.8) is 0 Å². The van der Waals surface area contributed by atoms with Crippen LogP contribution >= 0.6 is 23.2 Å². The van der Waals surface area contributed by atoms with Gasteiger partial charge in [-0.15, -0.1) is 0 Å². The fourth-order valence-electron chi connectivity index (χ4n) is 0.576. The summed E-state index contributed by atoms with van der Waals surface area (Å²) in [6.07, 6.45) is 0. The molecule has 0 amide bonds. The number of halogens is 2. The molecule has 0 N–H and O–H groups in total. The molecule has 1 rings (SSSR count). The lowest BCUT2D eigenvalue weighted by Crippen LogP contribution is -1.88. The van der Waals surface area contributed by atoms with Gasteiger partial charge in [0.1, 0.15) is 5.02 Å². The van der Waals surface area contributed by atoms with Gasteiger partial charge in [-0.05, 0) is 12.1 Å². The van der Waals surface area contributed by atoms with E-state index in [-0.39, 0.29) is 15.7 Å². The summed E-state index contributed by atoms with van der Waals surface area (Å²) >= 11 is 11.0. The maximum Gasteiger partial charge on any atom is 0.297 e. The Bertz CT molecular complexity index is 301. The highest BCUT2D eigenvalue weighted by Gasteiger charge is 2.13. The molecule has 0 atom stereocenters. The third-order valence-corrected chi connectivity index (χ3v) is 1.84. The molecular formula is C6H2Cl2NO2. The zero-order chi connectivity index (χ0) is 8.43. The second-order valence-corrected chi connectivity index (χ2v) is 2.53. The molecule has 0 aliphatic carbocycles. The number of nitrogens with zero attached hydrogens (tertiary/aromatic N) is 1. The van der Waals surface area contributed by atoms with E-state index in [1.54, 1.807) is 0 Å². The Morgan fingerprint density at radius 3 is 2.64 bits per heavy atom. The van der Waals surface area contributed by atoms with Crippen LogP contribution in [-0.4, -0.2) is 4.92 Å². The molecule has 0 unspecified atom stereocenters. The van der Waals surface area contributed by atoms with Crippen LogP contribution in [0, 0.1) is 16.2 Å². The molecule has 0 aliphatic rings. The second-order valence-electron chi connectivity index (χ2n) is 1.75. The van der Waals surface area contributed by atoms with Gasteiger partial charge < -0.3 is 0 Å². The predicted molar refractivity (Wildman–Crippen MR) is 42.0 cm³/mol. The van der Waals surface area contributed by atoms with Gasteiger partial charge in [0.2, 0.25) is 0 Å². The number of hydrogen-bond donors (Lipinski definition) is 0. The summed E-state index contributed by atoms with van der Waals surface area (Å²) in [7, 11) is 0. The van der Waals surface area contributed by atoms with Crippen LogP contribution in [0.1, 0.15) is 0 Å². The topological polar surface area (TPSA) is 43.1 Å². The third kappa shape index (κ3) is 1.61. The van der Waals surface area contributed by atoms with E-state index in [9.17, 15) is 10.1 Å². The number of benzene rings is 1. The van der Waals surface area contributed by atoms with E-state index in [1.807, 2.05) is 0 Å². The Kier molecular flexibility index (Phi) is 2.31. The normalized spacial score (nSPS) is 9.64. The maximum atomic E-state index is 10.2. The lowest BCUT2D eigenvalue weighted by molar-refractivity contribution is -0.385. The van der Waals surface area contributed by atoms with Crippen molar-refractivity contribution < 1.29 is 4.92 Å². The summed E-state index contributed by atoms with van der Waals surface area (Å²) in [4.78, 5) is 9.57. The van der Waals surface area contributed by atoms with Gasteiger partial charge in [-0.1, -0.05) is 23.2 Å². The Labute approximate surface area is 72.7 Å². The number of rotatable bonds is 1. The summed E-state index contributed by atoms with van der Waals surface area (Å²) in [5, 5.41) is 10.3. The average Bonchev–Trinajstić information content (AvgIpc) is 1.94. The van der Waals surface area contributed by atoms with E-state index in [4.69, 9.17) is 23.2 Å². The Morgan fingerprint density at radius 2 is 2.18 bits per heavy atom. The number of nitro benzene ring substituents is 1. The molecule has 0 saturated heterocycles. The minimum atomic E-state index is -0.631. The molecule has 57 valence electrons. The smallest absolute Gasteiger partial charge is 0.258 e. The molecule has 5 heteroatoms. The van der Waals surface area contributed by atoms with Crippen molar-refractivity contribution in [2.24, 2.45) is 0 Å². The molecular weight excluding hydrogens is 189 g/mol. The maximum absolute atomic E-state index is 10.2. The quantitative estimate of drug-likeness (QED) is 0.505. The fourth-order valence-corrected chi connectivity index (χ4v) is 0.915. The standard InChI is InChI=1S/C6H2Cl2NO2/c7-4-2-1-3-5(6(4)8)9(10)11/h1-2H. The van der Waals surface area contributed by atoms with Crippen molar-refractivity contribution in [1.82, 2.24) is 0 Å². The van der Waals surface area contributed by atoms with Crippen LogP contribution in [0.25, 0.3) is 0 Å². The van der Waals surface area contributed by atoms with E-state index < -0.39 is 4.92 Å². The van der Waals surface area contributed by atoms with Crippen molar-refractivity contribution in [2.45, 2.75) is 0 Å². The van der Waals surface area contributed by atoms with E-state index in [2.05, 4.69) is 6.07 Å². The summed E-state index contributed by atoms with van der Waals surface area (Å²) in [6, 6.07) is 5.16. The minimum absolute atomic E-state index is 0.0702. The van der Waals surface area contributed by atoms with E-state index in [0.29, 0.717) is 0 Å². The third-order valence-electron chi connectivity index (χ3n) is 1.05. The summed E-state index contributed by atoms with van der Waals surface area (Å²) in [5.41, 5.74) is -0.292.